The topological polar surface area (TPSA) is 12.0 Å². The van der Waals surface area contributed by atoms with E-state index in [2.05, 4.69) is 68.6 Å². The highest BCUT2D eigenvalue weighted by atomic mass is 14.9. The Balaban J connectivity index is 2.11. The van der Waals surface area contributed by atoms with Crippen molar-refractivity contribution in [2.45, 2.75) is 39.7 Å². The van der Waals surface area contributed by atoms with E-state index in [0.717, 1.165) is 12.5 Å². The molecule has 0 radical (unpaired) electrons. The van der Waals surface area contributed by atoms with Crippen molar-refractivity contribution in [1.82, 2.24) is 5.32 Å². The van der Waals surface area contributed by atoms with Gasteiger partial charge in [-0.25, -0.2) is 0 Å². The molecule has 0 saturated carbocycles. The maximum atomic E-state index is 3.68. The van der Waals surface area contributed by atoms with E-state index >= 15 is 0 Å². The van der Waals surface area contributed by atoms with Crippen LogP contribution in [0.3, 0.4) is 0 Å². The average molecular weight is 255 g/mol. The van der Waals surface area contributed by atoms with Gasteiger partial charge in [0.15, 0.2) is 0 Å². The molecular formula is C18H25N. The van der Waals surface area contributed by atoms with E-state index in [1.54, 1.807) is 0 Å². The summed E-state index contributed by atoms with van der Waals surface area (Å²) in [5.41, 5.74) is 1.40. The van der Waals surface area contributed by atoms with E-state index in [-0.39, 0.29) is 0 Å². The lowest BCUT2D eigenvalue weighted by atomic mass is 9.99. The lowest BCUT2D eigenvalue weighted by Gasteiger charge is -2.19. The Morgan fingerprint density at radius 1 is 1.00 bits per heavy atom. The third kappa shape index (κ3) is 3.57. The van der Waals surface area contributed by atoms with Crippen LogP contribution in [0, 0.1) is 5.92 Å². The zero-order valence-electron chi connectivity index (χ0n) is 12.3. The van der Waals surface area contributed by atoms with Crippen molar-refractivity contribution >= 4 is 10.8 Å². The van der Waals surface area contributed by atoms with Gasteiger partial charge in [-0.1, -0.05) is 62.7 Å². The minimum Gasteiger partial charge on any atom is -0.310 e. The lowest BCUT2D eigenvalue weighted by molar-refractivity contribution is 0.445. The van der Waals surface area contributed by atoms with Crippen LogP contribution in [-0.4, -0.2) is 6.54 Å². The van der Waals surface area contributed by atoms with Crippen LogP contribution in [0.15, 0.2) is 42.5 Å². The molecule has 2 unspecified atom stereocenters. The SMILES string of the molecule is CCCC(C)CNC(C)c1cccc2ccccc12. The molecule has 0 amide bonds. The molecule has 2 aromatic carbocycles. The van der Waals surface area contributed by atoms with E-state index in [1.165, 1.54) is 29.2 Å². The van der Waals surface area contributed by atoms with Gasteiger partial charge in [-0.3, -0.25) is 0 Å². The second-order valence-electron chi connectivity index (χ2n) is 5.59. The Kier molecular flexibility index (Phi) is 4.98. The van der Waals surface area contributed by atoms with Crippen molar-refractivity contribution in [2.24, 2.45) is 5.92 Å². The molecular weight excluding hydrogens is 230 g/mol. The number of hydrogen-bond donors (Lipinski definition) is 1. The van der Waals surface area contributed by atoms with E-state index in [4.69, 9.17) is 0 Å². The molecule has 19 heavy (non-hydrogen) atoms. The van der Waals surface area contributed by atoms with Gasteiger partial charge < -0.3 is 5.32 Å². The summed E-state index contributed by atoms with van der Waals surface area (Å²) in [6.45, 7) is 7.94. The summed E-state index contributed by atoms with van der Waals surface area (Å²) in [5.74, 6) is 0.752. The van der Waals surface area contributed by atoms with Crippen LogP contribution in [0.4, 0.5) is 0 Å². The lowest BCUT2D eigenvalue weighted by Crippen LogP contribution is -2.24. The Hall–Kier alpha value is -1.34. The monoisotopic (exact) mass is 255 g/mol. The largest absolute Gasteiger partial charge is 0.310 e. The highest BCUT2D eigenvalue weighted by molar-refractivity contribution is 5.86. The number of hydrogen-bond acceptors (Lipinski definition) is 1. The van der Waals surface area contributed by atoms with Gasteiger partial charge in [-0.05, 0) is 42.1 Å². The normalized spacial score (nSPS) is 14.5. The minimum atomic E-state index is 0.408. The molecule has 1 N–H and O–H groups in total. The molecule has 0 aliphatic heterocycles. The summed E-state index contributed by atoms with van der Waals surface area (Å²) < 4.78 is 0. The van der Waals surface area contributed by atoms with Crippen molar-refractivity contribution in [3.8, 4) is 0 Å². The molecule has 1 heteroatoms. The molecule has 1 nitrogen and oxygen atoms in total. The summed E-state index contributed by atoms with van der Waals surface area (Å²) in [6.07, 6.45) is 2.57. The first-order chi connectivity index (χ1) is 9.22. The molecule has 0 bridgehead atoms. The molecule has 0 heterocycles. The van der Waals surface area contributed by atoms with Crippen LogP contribution >= 0.6 is 0 Å². The van der Waals surface area contributed by atoms with Gasteiger partial charge in [0.2, 0.25) is 0 Å². The first kappa shape index (κ1) is 14.1. The maximum Gasteiger partial charge on any atom is 0.0298 e. The summed E-state index contributed by atoms with van der Waals surface area (Å²) >= 11 is 0. The number of nitrogens with one attached hydrogen (secondary N) is 1. The standard InChI is InChI=1S/C18H25N/c1-4-8-14(2)13-19-15(3)17-12-7-10-16-9-5-6-11-18(16)17/h5-7,9-12,14-15,19H,4,8,13H2,1-3H3. The number of rotatable bonds is 6. The first-order valence-corrected chi connectivity index (χ1v) is 7.43. The molecule has 0 fully saturated rings. The summed E-state index contributed by atoms with van der Waals surface area (Å²) in [7, 11) is 0. The predicted octanol–water partition coefficient (Wildman–Crippen LogP) is 4.93. The van der Waals surface area contributed by atoms with Crippen LogP contribution in [0.5, 0.6) is 0 Å². The Morgan fingerprint density at radius 2 is 1.74 bits per heavy atom. The van der Waals surface area contributed by atoms with Gasteiger partial charge in [0.05, 0.1) is 0 Å². The highest BCUT2D eigenvalue weighted by Crippen LogP contribution is 2.24. The van der Waals surface area contributed by atoms with Gasteiger partial charge >= 0.3 is 0 Å². The van der Waals surface area contributed by atoms with Crippen molar-refractivity contribution in [2.75, 3.05) is 6.54 Å². The molecule has 2 aromatic rings. The Labute approximate surface area is 117 Å². The summed E-state index contributed by atoms with van der Waals surface area (Å²) in [4.78, 5) is 0. The van der Waals surface area contributed by atoms with Gasteiger partial charge in [0.1, 0.15) is 0 Å². The van der Waals surface area contributed by atoms with E-state index in [1.807, 2.05) is 0 Å². The van der Waals surface area contributed by atoms with Crippen molar-refractivity contribution < 1.29 is 0 Å². The molecule has 0 saturated heterocycles. The molecule has 0 aromatic heterocycles. The zero-order valence-corrected chi connectivity index (χ0v) is 12.3. The maximum absolute atomic E-state index is 3.68. The van der Waals surface area contributed by atoms with Gasteiger partial charge in [-0.2, -0.15) is 0 Å². The smallest absolute Gasteiger partial charge is 0.0298 e. The third-order valence-electron chi connectivity index (χ3n) is 3.84. The molecule has 2 rings (SSSR count). The fraction of sp³-hybridized carbons (Fsp3) is 0.444. The average Bonchev–Trinajstić information content (AvgIpc) is 2.44. The number of benzene rings is 2. The summed E-state index contributed by atoms with van der Waals surface area (Å²) in [6, 6.07) is 15.6. The molecule has 0 aliphatic rings. The van der Waals surface area contributed by atoms with Crippen molar-refractivity contribution in [1.29, 1.82) is 0 Å². The van der Waals surface area contributed by atoms with E-state index < -0.39 is 0 Å². The van der Waals surface area contributed by atoms with Gasteiger partial charge in [-0.15, -0.1) is 0 Å². The zero-order chi connectivity index (χ0) is 13.7. The Bertz CT molecular complexity index is 513. The van der Waals surface area contributed by atoms with Crippen molar-refractivity contribution in [3.63, 3.8) is 0 Å². The van der Waals surface area contributed by atoms with Gasteiger partial charge in [0, 0.05) is 6.04 Å². The third-order valence-corrected chi connectivity index (χ3v) is 3.84. The van der Waals surface area contributed by atoms with Crippen LogP contribution in [0.1, 0.15) is 45.2 Å². The Morgan fingerprint density at radius 3 is 2.53 bits per heavy atom. The molecule has 102 valence electrons. The van der Waals surface area contributed by atoms with E-state index in [0.29, 0.717) is 6.04 Å². The number of fused-ring (bicyclic) bond motifs is 1. The minimum absolute atomic E-state index is 0.408. The molecule has 2 atom stereocenters. The van der Waals surface area contributed by atoms with Crippen LogP contribution in [-0.2, 0) is 0 Å². The summed E-state index contributed by atoms with van der Waals surface area (Å²) in [5, 5.41) is 6.37. The van der Waals surface area contributed by atoms with Crippen LogP contribution < -0.4 is 5.32 Å². The van der Waals surface area contributed by atoms with Crippen molar-refractivity contribution in [3.05, 3.63) is 48.0 Å². The fourth-order valence-corrected chi connectivity index (χ4v) is 2.71. The van der Waals surface area contributed by atoms with Gasteiger partial charge in [0.25, 0.3) is 0 Å². The fourth-order valence-electron chi connectivity index (χ4n) is 2.71. The quantitative estimate of drug-likeness (QED) is 0.772. The highest BCUT2D eigenvalue weighted by Gasteiger charge is 2.09. The van der Waals surface area contributed by atoms with Crippen LogP contribution in [0.25, 0.3) is 10.8 Å². The first-order valence-electron chi connectivity index (χ1n) is 7.43. The van der Waals surface area contributed by atoms with E-state index in [9.17, 15) is 0 Å². The predicted molar refractivity (Wildman–Crippen MR) is 84.4 cm³/mol. The van der Waals surface area contributed by atoms with Crippen LogP contribution in [0.2, 0.25) is 0 Å². The molecule has 0 spiro atoms. The second kappa shape index (κ2) is 6.72. The molecule has 0 aliphatic carbocycles. The second-order valence-corrected chi connectivity index (χ2v) is 5.59.